The standard InChI is InChI=1S/C16H26N4/c1-13-14(11-17-2)6-7-16(18-13)20-10-4-9-19-8-3-5-15(19)12-20/h6-7,15,17H,3-5,8-12H2,1-2H3. The van der Waals surface area contributed by atoms with E-state index in [0.717, 1.165) is 37.2 Å². The number of hydrogen-bond donors (Lipinski definition) is 1. The van der Waals surface area contributed by atoms with E-state index in [9.17, 15) is 0 Å². The van der Waals surface area contributed by atoms with E-state index in [1.807, 2.05) is 7.05 Å². The molecule has 2 saturated heterocycles. The molecule has 3 heterocycles. The monoisotopic (exact) mass is 274 g/mol. The number of fused-ring (bicyclic) bond motifs is 1. The molecule has 4 heteroatoms. The molecule has 2 aliphatic rings. The second-order valence-corrected chi connectivity index (χ2v) is 6.08. The number of anilines is 1. The molecule has 0 amide bonds. The van der Waals surface area contributed by atoms with Crippen molar-refractivity contribution in [2.75, 3.05) is 38.1 Å². The number of hydrogen-bond acceptors (Lipinski definition) is 4. The SMILES string of the molecule is CNCc1ccc(N2CCCN3CCCC3C2)nc1C. The molecule has 0 aromatic carbocycles. The van der Waals surface area contributed by atoms with E-state index in [1.54, 1.807) is 0 Å². The first-order chi connectivity index (χ1) is 9.78. The van der Waals surface area contributed by atoms with Crippen LogP contribution in [0, 0.1) is 6.92 Å². The lowest BCUT2D eigenvalue weighted by atomic mass is 10.2. The third kappa shape index (κ3) is 2.81. The van der Waals surface area contributed by atoms with Crippen molar-refractivity contribution < 1.29 is 0 Å². The Morgan fingerprint density at radius 1 is 1.25 bits per heavy atom. The number of nitrogens with one attached hydrogen (secondary N) is 1. The molecule has 1 N–H and O–H groups in total. The largest absolute Gasteiger partial charge is 0.355 e. The fourth-order valence-corrected chi connectivity index (χ4v) is 3.54. The Labute approximate surface area is 122 Å². The van der Waals surface area contributed by atoms with Crippen LogP contribution < -0.4 is 10.2 Å². The van der Waals surface area contributed by atoms with Crippen LogP contribution in [0.2, 0.25) is 0 Å². The molecule has 0 aliphatic carbocycles. The topological polar surface area (TPSA) is 31.4 Å². The summed E-state index contributed by atoms with van der Waals surface area (Å²) >= 11 is 0. The predicted octanol–water partition coefficient (Wildman–Crippen LogP) is 1.78. The van der Waals surface area contributed by atoms with Gasteiger partial charge in [-0.15, -0.1) is 0 Å². The summed E-state index contributed by atoms with van der Waals surface area (Å²) in [5.74, 6) is 1.16. The number of pyridine rings is 1. The molecule has 3 rings (SSSR count). The fourth-order valence-electron chi connectivity index (χ4n) is 3.54. The Morgan fingerprint density at radius 3 is 2.90 bits per heavy atom. The van der Waals surface area contributed by atoms with Crippen LogP contribution in [0.5, 0.6) is 0 Å². The number of rotatable bonds is 3. The van der Waals surface area contributed by atoms with Gasteiger partial charge in [-0.05, 0) is 51.4 Å². The lowest BCUT2D eigenvalue weighted by Gasteiger charge is -2.27. The molecular formula is C16H26N4. The Balaban J connectivity index is 1.76. The first-order valence-electron chi connectivity index (χ1n) is 7.88. The van der Waals surface area contributed by atoms with Crippen molar-refractivity contribution in [3.05, 3.63) is 23.4 Å². The third-order valence-corrected chi connectivity index (χ3v) is 4.68. The highest BCUT2D eigenvalue weighted by molar-refractivity contribution is 5.42. The van der Waals surface area contributed by atoms with Gasteiger partial charge in [0.25, 0.3) is 0 Å². The fraction of sp³-hybridized carbons (Fsp3) is 0.688. The molecule has 1 aromatic heterocycles. The molecule has 2 aliphatic heterocycles. The summed E-state index contributed by atoms with van der Waals surface area (Å²) in [5.41, 5.74) is 2.46. The van der Waals surface area contributed by atoms with Gasteiger partial charge in [0.2, 0.25) is 0 Å². The van der Waals surface area contributed by atoms with Crippen LogP contribution >= 0.6 is 0 Å². The smallest absolute Gasteiger partial charge is 0.128 e. The average Bonchev–Trinajstić information content (AvgIpc) is 2.78. The van der Waals surface area contributed by atoms with Gasteiger partial charge in [-0.2, -0.15) is 0 Å². The van der Waals surface area contributed by atoms with E-state index in [1.165, 1.54) is 37.9 Å². The van der Waals surface area contributed by atoms with Gasteiger partial charge in [-0.25, -0.2) is 4.98 Å². The highest BCUT2D eigenvalue weighted by Crippen LogP contribution is 2.24. The van der Waals surface area contributed by atoms with E-state index >= 15 is 0 Å². The molecule has 1 aromatic rings. The zero-order chi connectivity index (χ0) is 13.9. The van der Waals surface area contributed by atoms with Crippen LogP contribution in [0.4, 0.5) is 5.82 Å². The summed E-state index contributed by atoms with van der Waals surface area (Å²) in [4.78, 5) is 10.00. The van der Waals surface area contributed by atoms with E-state index in [-0.39, 0.29) is 0 Å². The van der Waals surface area contributed by atoms with Gasteiger partial charge in [-0.3, -0.25) is 4.90 Å². The average molecular weight is 274 g/mol. The Kier molecular flexibility index (Phi) is 4.22. The molecule has 110 valence electrons. The molecule has 0 radical (unpaired) electrons. The van der Waals surface area contributed by atoms with Crippen molar-refractivity contribution in [1.29, 1.82) is 0 Å². The van der Waals surface area contributed by atoms with Gasteiger partial charge in [0.1, 0.15) is 5.82 Å². The minimum absolute atomic E-state index is 0.747. The van der Waals surface area contributed by atoms with Crippen LogP contribution in [-0.2, 0) is 6.54 Å². The van der Waals surface area contributed by atoms with Crippen molar-refractivity contribution in [1.82, 2.24) is 15.2 Å². The number of aromatic nitrogens is 1. The van der Waals surface area contributed by atoms with Gasteiger partial charge in [0.05, 0.1) is 0 Å². The molecule has 1 atom stereocenters. The minimum atomic E-state index is 0.747. The maximum atomic E-state index is 4.84. The van der Waals surface area contributed by atoms with Crippen LogP contribution in [0.1, 0.15) is 30.5 Å². The van der Waals surface area contributed by atoms with E-state index in [0.29, 0.717) is 0 Å². The van der Waals surface area contributed by atoms with Gasteiger partial charge in [0.15, 0.2) is 0 Å². The van der Waals surface area contributed by atoms with E-state index < -0.39 is 0 Å². The van der Waals surface area contributed by atoms with Crippen molar-refractivity contribution in [3.63, 3.8) is 0 Å². The first-order valence-corrected chi connectivity index (χ1v) is 7.88. The summed E-state index contributed by atoms with van der Waals surface area (Å²) in [5, 5.41) is 3.20. The highest BCUT2D eigenvalue weighted by Gasteiger charge is 2.29. The lowest BCUT2D eigenvalue weighted by molar-refractivity contribution is 0.273. The molecule has 4 nitrogen and oxygen atoms in total. The van der Waals surface area contributed by atoms with Gasteiger partial charge in [0, 0.05) is 37.9 Å². The van der Waals surface area contributed by atoms with Crippen LogP contribution in [-0.4, -0.2) is 49.2 Å². The van der Waals surface area contributed by atoms with Crippen molar-refractivity contribution in [3.8, 4) is 0 Å². The third-order valence-electron chi connectivity index (χ3n) is 4.68. The molecule has 20 heavy (non-hydrogen) atoms. The first kappa shape index (κ1) is 13.8. The number of aryl methyl sites for hydroxylation is 1. The van der Waals surface area contributed by atoms with Crippen molar-refractivity contribution in [2.24, 2.45) is 0 Å². The molecule has 1 unspecified atom stereocenters. The predicted molar refractivity (Wildman–Crippen MR) is 83.2 cm³/mol. The Bertz CT molecular complexity index is 460. The second kappa shape index (κ2) is 6.10. The molecular weight excluding hydrogens is 248 g/mol. The van der Waals surface area contributed by atoms with Gasteiger partial charge < -0.3 is 10.2 Å². The van der Waals surface area contributed by atoms with Crippen molar-refractivity contribution in [2.45, 2.75) is 38.8 Å². The minimum Gasteiger partial charge on any atom is -0.355 e. The lowest BCUT2D eigenvalue weighted by Crippen LogP contribution is -2.37. The quantitative estimate of drug-likeness (QED) is 0.910. The Morgan fingerprint density at radius 2 is 2.10 bits per heavy atom. The molecule has 0 bridgehead atoms. The van der Waals surface area contributed by atoms with Crippen LogP contribution in [0.25, 0.3) is 0 Å². The normalized spacial score (nSPS) is 23.7. The Hall–Kier alpha value is -1.13. The zero-order valence-corrected chi connectivity index (χ0v) is 12.7. The van der Waals surface area contributed by atoms with Crippen LogP contribution in [0.3, 0.4) is 0 Å². The van der Waals surface area contributed by atoms with Gasteiger partial charge in [-0.1, -0.05) is 6.07 Å². The summed E-state index contributed by atoms with van der Waals surface area (Å²) in [6.07, 6.45) is 3.98. The van der Waals surface area contributed by atoms with E-state index in [2.05, 4.69) is 34.2 Å². The molecule has 0 spiro atoms. The van der Waals surface area contributed by atoms with Crippen molar-refractivity contribution >= 4 is 5.82 Å². The molecule has 0 saturated carbocycles. The summed E-state index contributed by atoms with van der Waals surface area (Å²) in [6.45, 7) is 7.87. The summed E-state index contributed by atoms with van der Waals surface area (Å²) in [7, 11) is 1.98. The molecule has 2 fully saturated rings. The highest BCUT2D eigenvalue weighted by atomic mass is 15.3. The summed E-state index contributed by atoms with van der Waals surface area (Å²) in [6, 6.07) is 5.17. The summed E-state index contributed by atoms with van der Waals surface area (Å²) < 4.78 is 0. The number of nitrogens with zero attached hydrogens (tertiary/aromatic N) is 3. The second-order valence-electron chi connectivity index (χ2n) is 6.08. The maximum absolute atomic E-state index is 4.84. The van der Waals surface area contributed by atoms with Crippen LogP contribution in [0.15, 0.2) is 12.1 Å². The van der Waals surface area contributed by atoms with Gasteiger partial charge >= 0.3 is 0 Å². The maximum Gasteiger partial charge on any atom is 0.128 e. The van der Waals surface area contributed by atoms with E-state index in [4.69, 9.17) is 4.98 Å². The zero-order valence-electron chi connectivity index (χ0n) is 12.7.